The number of amides is 1. The normalized spacial score (nSPS) is 23.3. The lowest BCUT2D eigenvalue weighted by molar-refractivity contribution is -0.132. The molecule has 5 nitrogen and oxygen atoms in total. The number of hydrogen-bond donors (Lipinski definition) is 1. The molecule has 2 saturated heterocycles. The van der Waals surface area contributed by atoms with Gasteiger partial charge in [-0.2, -0.15) is 0 Å². The highest BCUT2D eigenvalue weighted by Gasteiger charge is 2.18. The van der Waals surface area contributed by atoms with Crippen molar-refractivity contribution in [2.75, 3.05) is 52.9 Å². The number of carbonyl (C=O) groups excluding carboxylic acids is 1. The van der Waals surface area contributed by atoms with Crippen LogP contribution in [0.3, 0.4) is 0 Å². The van der Waals surface area contributed by atoms with Crippen molar-refractivity contribution in [3.63, 3.8) is 0 Å². The predicted molar refractivity (Wildman–Crippen MR) is 75.2 cm³/mol. The Morgan fingerprint density at radius 1 is 1.21 bits per heavy atom. The second-order valence-electron chi connectivity index (χ2n) is 5.61. The van der Waals surface area contributed by atoms with Gasteiger partial charge in [0.1, 0.15) is 0 Å². The maximum absolute atomic E-state index is 12.1. The van der Waals surface area contributed by atoms with E-state index in [9.17, 15) is 4.79 Å². The van der Waals surface area contributed by atoms with Crippen LogP contribution in [0.2, 0.25) is 0 Å². The quantitative estimate of drug-likeness (QED) is 0.798. The molecule has 2 heterocycles. The Hall–Kier alpha value is -0.650. The zero-order chi connectivity index (χ0) is 13.5. The van der Waals surface area contributed by atoms with Gasteiger partial charge in [0, 0.05) is 19.6 Å². The molecule has 0 aliphatic carbocycles. The first-order valence-electron chi connectivity index (χ1n) is 7.54. The molecule has 0 bridgehead atoms. The number of nitrogens with one attached hydrogen (secondary N) is 1. The van der Waals surface area contributed by atoms with Crippen molar-refractivity contribution in [2.45, 2.75) is 31.8 Å². The molecule has 0 aromatic carbocycles. The average Bonchev–Trinajstić information content (AvgIpc) is 2.65. The average molecular weight is 269 g/mol. The summed E-state index contributed by atoms with van der Waals surface area (Å²) in [5, 5.41) is 3.32. The molecule has 2 fully saturated rings. The first-order valence-corrected chi connectivity index (χ1v) is 7.54. The summed E-state index contributed by atoms with van der Waals surface area (Å²) in [5.41, 5.74) is 0. The largest absolute Gasteiger partial charge is 0.378 e. The van der Waals surface area contributed by atoms with Gasteiger partial charge in [-0.1, -0.05) is 0 Å². The Kier molecular flexibility index (Phi) is 6.07. The van der Waals surface area contributed by atoms with Gasteiger partial charge >= 0.3 is 0 Å². The third kappa shape index (κ3) is 5.09. The second kappa shape index (κ2) is 7.82. The van der Waals surface area contributed by atoms with Crippen LogP contribution in [0.5, 0.6) is 0 Å². The van der Waals surface area contributed by atoms with Crippen molar-refractivity contribution >= 4 is 5.91 Å². The van der Waals surface area contributed by atoms with Gasteiger partial charge < -0.3 is 19.9 Å². The smallest absolute Gasteiger partial charge is 0.224 e. The van der Waals surface area contributed by atoms with Crippen molar-refractivity contribution in [3.05, 3.63) is 0 Å². The molecule has 1 amide bonds. The summed E-state index contributed by atoms with van der Waals surface area (Å²) in [6.45, 7) is 6.50. The van der Waals surface area contributed by atoms with E-state index in [1.165, 1.54) is 0 Å². The molecular weight excluding hydrogens is 242 g/mol. The molecular formula is C14H27N3O2. The molecule has 0 aromatic heterocycles. The highest BCUT2D eigenvalue weighted by molar-refractivity contribution is 5.76. The molecule has 2 aliphatic heterocycles. The molecule has 0 spiro atoms. The molecule has 0 radical (unpaired) electrons. The topological polar surface area (TPSA) is 44.8 Å². The van der Waals surface area contributed by atoms with Crippen molar-refractivity contribution in [1.82, 2.24) is 15.1 Å². The van der Waals surface area contributed by atoms with E-state index in [4.69, 9.17) is 4.74 Å². The highest BCUT2D eigenvalue weighted by atomic mass is 16.5. The lowest BCUT2D eigenvalue weighted by atomic mass is 10.1. The van der Waals surface area contributed by atoms with Crippen LogP contribution in [0, 0.1) is 0 Å². The number of rotatable bonds is 4. The minimum atomic E-state index is 0.254. The third-order valence-electron chi connectivity index (χ3n) is 4.03. The van der Waals surface area contributed by atoms with Crippen molar-refractivity contribution in [1.29, 1.82) is 0 Å². The molecule has 0 saturated carbocycles. The van der Waals surface area contributed by atoms with Crippen LogP contribution in [0.25, 0.3) is 0 Å². The summed E-state index contributed by atoms with van der Waals surface area (Å²) in [7, 11) is 2.12. The molecule has 5 heteroatoms. The van der Waals surface area contributed by atoms with Crippen LogP contribution in [-0.2, 0) is 9.53 Å². The Bertz CT molecular complexity index is 280. The zero-order valence-corrected chi connectivity index (χ0v) is 12.1. The number of hydrogen-bond acceptors (Lipinski definition) is 4. The molecule has 1 N–H and O–H groups in total. The van der Waals surface area contributed by atoms with Gasteiger partial charge in [-0.05, 0) is 45.9 Å². The van der Waals surface area contributed by atoms with Gasteiger partial charge in [0.2, 0.25) is 5.91 Å². The van der Waals surface area contributed by atoms with E-state index >= 15 is 0 Å². The number of piperidine rings is 1. The summed E-state index contributed by atoms with van der Waals surface area (Å²) in [4.78, 5) is 16.4. The van der Waals surface area contributed by atoms with Crippen molar-refractivity contribution in [2.24, 2.45) is 0 Å². The van der Waals surface area contributed by atoms with E-state index in [2.05, 4.69) is 17.3 Å². The molecule has 110 valence electrons. The third-order valence-corrected chi connectivity index (χ3v) is 4.03. The SMILES string of the molecule is CN1CCCN(C(=O)CCOC2CCNCC2)CC1. The Morgan fingerprint density at radius 2 is 2.00 bits per heavy atom. The van der Waals surface area contributed by atoms with Gasteiger partial charge in [0.15, 0.2) is 0 Å². The fourth-order valence-electron chi connectivity index (χ4n) is 2.73. The second-order valence-corrected chi connectivity index (χ2v) is 5.61. The van der Waals surface area contributed by atoms with E-state index in [1.54, 1.807) is 0 Å². The van der Waals surface area contributed by atoms with Crippen molar-refractivity contribution < 1.29 is 9.53 Å². The van der Waals surface area contributed by atoms with Crippen molar-refractivity contribution in [3.8, 4) is 0 Å². The molecule has 0 atom stereocenters. The minimum absolute atomic E-state index is 0.254. The lowest BCUT2D eigenvalue weighted by Gasteiger charge is -2.24. The summed E-state index contributed by atoms with van der Waals surface area (Å²) in [6, 6.07) is 0. The molecule has 0 aromatic rings. The molecule has 0 unspecified atom stereocenters. The number of nitrogens with zero attached hydrogens (tertiary/aromatic N) is 2. The fraction of sp³-hybridized carbons (Fsp3) is 0.929. The molecule has 19 heavy (non-hydrogen) atoms. The molecule has 2 aliphatic rings. The maximum atomic E-state index is 12.1. The maximum Gasteiger partial charge on any atom is 0.224 e. The van der Waals surface area contributed by atoms with Crippen LogP contribution in [0.15, 0.2) is 0 Å². The Morgan fingerprint density at radius 3 is 2.79 bits per heavy atom. The van der Waals surface area contributed by atoms with Crippen LogP contribution < -0.4 is 5.32 Å². The first-order chi connectivity index (χ1) is 9.25. The van der Waals surface area contributed by atoms with Gasteiger partial charge in [0.05, 0.1) is 19.1 Å². The van der Waals surface area contributed by atoms with E-state index in [0.717, 1.165) is 58.5 Å². The van der Waals surface area contributed by atoms with Gasteiger partial charge in [-0.15, -0.1) is 0 Å². The van der Waals surface area contributed by atoms with E-state index in [0.29, 0.717) is 19.1 Å². The van der Waals surface area contributed by atoms with Crippen LogP contribution >= 0.6 is 0 Å². The zero-order valence-electron chi connectivity index (χ0n) is 12.1. The summed E-state index contributed by atoms with van der Waals surface area (Å²) in [6.07, 6.45) is 4.11. The fourth-order valence-corrected chi connectivity index (χ4v) is 2.73. The summed E-state index contributed by atoms with van der Waals surface area (Å²) in [5.74, 6) is 0.254. The lowest BCUT2D eigenvalue weighted by Crippen LogP contribution is -2.36. The van der Waals surface area contributed by atoms with Gasteiger partial charge in [0.25, 0.3) is 0 Å². The monoisotopic (exact) mass is 269 g/mol. The van der Waals surface area contributed by atoms with E-state index in [1.807, 2.05) is 4.90 Å². The standard InChI is InChI=1S/C14H27N3O2/c1-16-8-2-9-17(11-10-16)14(18)5-12-19-13-3-6-15-7-4-13/h13,15H,2-12H2,1H3. The minimum Gasteiger partial charge on any atom is -0.378 e. The van der Waals surface area contributed by atoms with Crippen LogP contribution in [0.1, 0.15) is 25.7 Å². The molecule has 2 rings (SSSR count). The Labute approximate surface area is 116 Å². The number of likely N-dealkylation sites (N-methyl/N-ethyl adjacent to an activating group) is 1. The van der Waals surface area contributed by atoms with E-state index < -0.39 is 0 Å². The van der Waals surface area contributed by atoms with Crippen LogP contribution in [-0.4, -0.2) is 74.7 Å². The number of carbonyl (C=O) groups is 1. The number of ether oxygens (including phenoxy) is 1. The van der Waals surface area contributed by atoms with Crippen LogP contribution in [0.4, 0.5) is 0 Å². The summed E-state index contributed by atoms with van der Waals surface area (Å²) < 4.78 is 5.80. The predicted octanol–water partition coefficient (Wildman–Crippen LogP) is 0.309. The highest BCUT2D eigenvalue weighted by Crippen LogP contribution is 2.09. The van der Waals surface area contributed by atoms with E-state index in [-0.39, 0.29) is 5.91 Å². The van der Waals surface area contributed by atoms with Gasteiger partial charge in [-0.25, -0.2) is 0 Å². The first kappa shape index (κ1) is 14.8. The van der Waals surface area contributed by atoms with Gasteiger partial charge in [-0.3, -0.25) is 4.79 Å². The summed E-state index contributed by atoms with van der Waals surface area (Å²) >= 11 is 0. The Balaban J connectivity index is 1.63.